The Morgan fingerprint density at radius 3 is 2.19 bits per heavy atom. The van der Waals surface area contributed by atoms with Crippen molar-refractivity contribution in [2.45, 2.75) is 51.9 Å². The number of hydrogen-bond acceptors (Lipinski definition) is 4. The predicted octanol–water partition coefficient (Wildman–Crippen LogP) is 3.59. The first-order valence-corrected chi connectivity index (χ1v) is 10.1. The van der Waals surface area contributed by atoms with E-state index in [0.717, 1.165) is 32.4 Å². The predicted molar refractivity (Wildman–Crippen MR) is 110 cm³/mol. The second-order valence-electron chi connectivity index (χ2n) is 7.28. The zero-order valence-electron chi connectivity index (χ0n) is 17.8. The van der Waals surface area contributed by atoms with Gasteiger partial charge in [0.2, 0.25) is 5.91 Å². The summed E-state index contributed by atoms with van der Waals surface area (Å²) in [7, 11) is 7.52. The molecule has 0 spiro atoms. The van der Waals surface area contributed by atoms with Crippen LogP contribution in [0.3, 0.4) is 0 Å². The molecular weight excluding hydrogens is 328 g/mol. The molecule has 0 fully saturated rings. The van der Waals surface area contributed by atoms with Crippen molar-refractivity contribution in [2.24, 2.45) is 5.92 Å². The van der Waals surface area contributed by atoms with Crippen molar-refractivity contribution in [1.82, 2.24) is 9.80 Å². The van der Waals surface area contributed by atoms with Gasteiger partial charge in [-0.05, 0) is 46.3 Å². The van der Waals surface area contributed by atoms with Crippen LogP contribution in [-0.4, -0.2) is 76.9 Å². The van der Waals surface area contributed by atoms with Crippen LogP contribution in [0, 0.1) is 5.92 Å². The van der Waals surface area contributed by atoms with Gasteiger partial charge in [-0.3, -0.25) is 4.79 Å². The molecule has 0 aromatic carbocycles. The van der Waals surface area contributed by atoms with E-state index in [1.807, 2.05) is 4.90 Å². The van der Waals surface area contributed by atoms with E-state index in [9.17, 15) is 4.79 Å². The lowest BCUT2D eigenvalue weighted by Crippen LogP contribution is -2.39. The molecule has 1 amide bonds. The standard InChI is InChI=1S/C21H42N2O3/c1-6-7-8-9-10-11-12-14-21(24)23(16-13-15-22(2)3)17-20(18-25-4)19-26-5/h10-11,20H,6-9,12-19H2,1-5H3/b11-10-. The van der Waals surface area contributed by atoms with Crippen LogP contribution in [-0.2, 0) is 14.3 Å². The monoisotopic (exact) mass is 370 g/mol. The lowest BCUT2D eigenvalue weighted by Gasteiger charge is -2.28. The third kappa shape index (κ3) is 14.3. The fourth-order valence-corrected chi connectivity index (χ4v) is 2.95. The van der Waals surface area contributed by atoms with Crippen LogP contribution >= 0.6 is 0 Å². The highest BCUT2D eigenvalue weighted by atomic mass is 16.5. The van der Waals surface area contributed by atoms with Crippen molar-refractivity contribution in [3.8, 4) is 0 Å². The summed E-state index contributed by atoms with van der Waals surface area (Å²) in [6.07, 6.45) is 11.7. The van der Waals surface area contributed by atoms with Gasteiger partial charge in [-0.25, -0.2) is 0 Å². The summed E-state index contributed by atoms with van der Waals surface area (Å²) in [5.41, 5.74) is 0. The zero-order valence-corrected chi connectivity index (χ0v) is 17.8. The maximum Gasteiger partial charge on any atom is 0.222 e. The van der Waals surface area contributed by atoms with Crippen LogP contribution in [0.2, 0.25) is 0 Å². The Labute approximate surface area is 161 Å². The summed E-state index contributed by atoms with van der Waals surface area (Å²) in [6.45, 7) is 5.93. The molecule has 0 aromatic heterocycles. The van der Waals surface area contributed by atoms with E-state index in [1.165, 1.54) is 19.3 Å². The molecule has 0 saturated carbocycles. The average molecular weight is 371 g/mol. The molecule has 0 atom stereocenters. The number of ether oxygens (including phenoxy) is 2. The highest BCUT2D eigenvalue weighted by molar-refractivity contribution is 5.76. The minimum absolute atomic E-state index is 0.220. The SMILES string of the molecule is CCCCC/C=C\CCC(=O)N(CCCN(C)C)CC(COC)COC. The van der Waals surface area contributed by atoms with E-state index in [-0.39, 0.29) is 11.8 Å². The lowest BCUT2D eigenvalue weighted by molar-refractivity contribution is -0.132. The largest absolute Gasteiger partial charge is 0.384 e. The van der Waals surface area contributed by atoms with Crippen molar-refractivity contribution in [2.75, 3.05) is 61.2 Å². The van der Waals surface area contributed by atoms with E-state index in [0.29, 0.717) is 26.2 Å². The Bertz CT molecular complexity index is 353. The molecule has 154 valence electrons. The second kappa shape index (κ2) is 17.5. The first-order valence-electron chi connectivity index (χ1n) is 10.1. The summed E-state index contributed by atoms with van der Waals surface area (Å²) < 4.78 is 10.6. The van der Waals surface area contributed by atoms with Crippen LogP contribution in [0.5, 0.6) is 0 Å². The Morgan fingerprint density at radius 1 is 0.962 bits per heavy atom. The van der Waals surface area contributed by atoms with Gasteiger partial charge in [-0.1, -0.05) is 31.9 Å². The highest BCUT2D eigenvalue weighted by Gasteiger charge is 2.18. The Kier molecular flexibility index (Phi) is 16.9. The van der Waals surface area contributed by atoms with Crippen molar-refractivity contribution >= 4 is 5.91 Å². The molecule has 0 saturated heterocycles. The quantitative estimate of drug-likeness (QED) is 0.290. The first kappa shape index (κ1) is 25.1. The number of carbonyl (C=O) groups excluding carboxylic acids is 1. The highest BCUT2D eigenvalue weighted by Crippen LogP contribution is 2.08. The molecule has 0 bridgehead atoms. The molecule has 0 heterocycles. The van der Waals surface area contributed by atoms with Gasteiger partial charge < -0.3 is 19.3 Å². The number of hydrogen-bond donors (Lipinski definition) is 0. The van der Waals surface area contributed by atoms with Gasteiger partial charge in [0.1, 0.15) is 0 Å². The third-order valence-electron chi connectivity index (χ3n) is 4.34. The minimum Gasteiger partial charge on any atom is -0.384 e. The number of unbranched alkanes of at least 4 members (excludes halogenated alkanes) is 3. The van der Waals surface area contributed by atoms with Crippen molar-refractivity contribution in [3.05, 3.63) is 12.2 Å². The van der Waals surface area contributed by atoms with E-state index >= 15 is 0 Å². The average Bonchev–Trinajstić information content (AvgIpc) is 2.60. The van der Waals surface area contributed by atoms with Crippen LogP contribution < -0.4 is 0 Å². The molecule has 0 aromatic rings. The summed E-state index contributed by atoms with van der Waals surface area (Å²) in [4.78, 5) is 16.8. The minimum atomic E-state index is 0.220. The molecule has 0 unspecified atom stereocenters. The number of allylic oxidation sites excluding steroid dienone is 2. The maximum absolute atomic E-state index is 12.7. The molecule has 5 nitrogen and oxygen atoms in total. The first-order chi connectivity index (χ1) is 12.5. The summed E-state index contributed by atoms with van der Waals surface area (Å²) in [6, 6.07) is 0. The van der Waals surface area contributed by atoms with Gasteiger partial charge >= 0.3 is 0 Å². The molecule has 0 N–H and O–H groups in total. The topological polar surface area (TPSA) is 42.0 Å². The third-order valence-corrected chi connectivity index (χ3v) is 4.34. The molecule has 5 heteroatoms. The number of carbonyl (C=O) groups is 1. The van der Waals surface area contributed by atoms with Gasteiger partial charge in [0.05, 0.1) is 13.2 Å². The van der Waals surface area contributed by atoms with Gasteiger partial charge in [0, 0.05) is 39.6 Å². The molecule has 0 rings (SSSR count). The Hall–Kier alpha value is -0.910. The van der Waals surface area contributed by atoms with Crippen LogP contribution in [0.15, 0.2) is 12.2 Å². The molecule has 0 radical (unpaired) electrons. The zero-order chi connectivity index (χ0) is 19.6. The number of methoxy groups -OCH3 is 2. The normalized spacial score (nSPS) is 11.8. The second-order valence-corrected chi connectivity index (χ2v) is 7.28. The van der Waals surface area contributed by atoms with Crippen molar-refractivity contribution in [3.63, 3.8) is 0 Å². The molecule has 0 aliphatic heterocycles. The molecule has 26 heavy (non-hydrogen) atoms. The fraction of sp³-hybridized carbons (Fsp3) is 0.857. The number of rotatable bonds is 17. The van der Waals surface area contributed by atoms with E-state index < -0.39 is 0 Å². The maximum atomic E-state index is 12.7. The lowest BCUT2D eigenvalue weighted by atomic mass is 10.1. The molecule has 0 aliphatic rings. The summed E-state index contributed by atoms with van der Waals surface area (Å²) in [5, 5.41) is 0. The van der Waals surface area contributed by atoms with Gasteiger partial charge in [-0.2, -0.15) is 0 Å². The van der Waals surface area contributed by atoms with Crippen molar-refractivity contribution < 1.29 is 14.3 Å². The summed E-state index contributed by atoms with van der Waals surface area (Å²) >= 11 is 0. The van der Waals surface area contributed by atoms with Crippen LogP contribution in [0.25, 0.3) is 0 Å². The van der Waals surface area contributed by atoms with Gasteiger partial charge in [0.15, 0.2) is 0 Å². The summed E-state index contributed by atoms with van der Waals surface area (Å²) in [5.74, 6) is 0.456. The smallest absolute Gasteiger partial charge is 0.222 e. The van der Waals surface area contributed by atoms with Gasteiger partial charge in [-0.15, -0.1) is 0 Å². The number of amides is 1. The number of nitrogens with zero attached hydrogens (tertiary/aromatic N) is 2. The Balaban J connectivity index is 4.47. The van der Waals surface area contributed by atoms with E-state index in [4.69, 9.17) is 9.47 Å². The Morgan fingerprint density at radius 2 is 1.62 bits per heavy atom. The van der Waals surface area contributed by atoms with Crippen LogP contribution in [0.4, 0.5) is 0 Å². The van der Waals surface area contributed by atoms with E-state index in [2.05, 4.69) is 38.1 Å². The van der Waals surface area contributed by atoms with Gasteiger partial charge in [0.25, 0.3) is 0 Å². The van der Waals surface area contributed by atoms with Crippen molar-refractivity contribution in [1.29, 1.82) is 0 Å². The van der Waals surface area contributed by atoms with Crippen LogP contribution in [0.1, 0.15) is 51.9 Å². The molecular formula is C21H42N2O3. The van der Waals surface area contributed by atoms with E-state index in [1.54, 1.807) is 14.2 Å². The molecule has 0 aliphatic carbocycles. The fourth-order valence-electron chi connectivity index (χ4n) is 2.95.